The normalized spacial score (nSPS) is 19.1. The molecule has 0 spiro atoms. The Kier molecular flexibility index (Phi) is 7.08. The van der Waals surface area contributed by atoms with Gasteiger partial charge >= 0.3 is 0 Å². The van der Waals surface area contributed by atoms with Crippen LogP contribution < -0.4 is 0 Å². The van der Waals surface area contributed by atoms with Crippen molar-refractivity contribution >= 4 is 27.6 Å². The average Bonchev–Trinajstić information content (AvgIpc) is 3.11. The minimum absolute atomic E-state index is 0.0347. The molecule has 0 aromatic heterocycles. The van der Waals surface area contributed by atoms with Gasteiger partial charge in [-0.1, -0.05) is 35.9 Å². The zero-order chi connectivity index (χ0) is 22.8. The van der Waals surface area contributed by atoms with Crippen LogP contribution in [-0.2, 0) is 30.9 Å². The van der Waals surface area contributed by atoms with Gasteiger partial charge in [-0.2, -0.15) is 8.42 Å². The number of rotatable bonds is 7. The molecular weight excluding hydrogens is 441 g/mol. The lowest BCUT2D eigenvalue weighted by Gasteiger charge is -2.30. The first-order valence-corrected chi connectivity index (χ1v) is 12.3. The van der Waals surface area contributed by atoms with Crippen LogP contribution in [0, 0.1) is 19.7 Å². The molecule has 1 fully saturated rings. The van der Waals surface area contributed by atoms with Crippen LogP contribution in [0.2, 0.25) is 5.02 Å². The highest BCUT2D eigenvalue weighted by atomic mass is 35.5. The Balaban J connectivity index is 1.83. The van der Waals surface area contributed by atoms with Crippen molar-refractivity contribution in [1.82, 2.24) is 4.90 Å². The van der Waals surface area contributed by atoms with Gasteiger partial charge in [-0.25, -0.2) is 4.39 Å². The molecule has 0 unspecified atom stereocenters. The van der Waals surface area contributed by atoms with Gasteiger partial charge in [0.1, 0.15) is 5.82 Å². The van der Waals surface area contributed by atoms with Crippen molar-refractivity contribution in [2.24, 2.45) is 0 Å². The molecule has 1 amide bonds. The Hall–Kier alpha value is -1.96. The van der Waals surface area contributed by atoms with E-state index in [-0.39, 0.29) is 29.5 Å². The van der Waals surface area contributed by atoms with Crippen LogP contribution in [0.25, 0.3) is 0 Å². The number of amides is 1. The highest BCUT2D eigenvalue weighted by Gasteiger charge is 2.41. The van der Waals surface area contributed by atoms with Crippen molar-refractivity contribution in [3.05, 3.63) is 69.5 Å². The molecule has 1 aliphatic rings. The second-order valence-corrected chi connectivity index (χ2v) is 10.3. The van der Waals surface area contributed by atoms with Gasteiger partial charge < -0.3 is 4.90 Å². The minimum atomic E-state index is -3.56. The summed E-state index contributed by atoms with van der Waals surface area (Å²) in [5.74, 6) is -0.705. The Bertz CT molecular complexity index is 1070. The van der Waals surface area contributed by atoms with Crippen molar-refractivity contribution < 1.29 is 21.8 Å². The summed E-state index contributed by atoms with van der Waals surface area (Å²) in [6, 6.07) is 10.5. The maximum Gasteiger partial charge on any atom is 0.264 e. The summed E-state index contributed by atoms with van der Waals surface area (Å²) in [5, 5.41) is 0.231. The summed E-state index contributed by atoms with van der Waals surface area (Å²) in [5.41, 5.74) is 3.10. The molecule has 1 aliphatic heterocycles. The summed E-state index contributed by atoms with van der Waals surface area (Å²) in [6.07, 6.45) is 2.03. The van der Waals surface area contributed by atoms with E-state index >= 15 is 0 Å². The van der Waals surface area contributed by atoms with Crippen LogP contribution in [0.4, 0.5) is 4.39 Å². The van der Waals surface area contributed by atoms with Gasteiger partial charge in [0, 0.05) is 29.1 Å². The van der Waals surface area contributed by atoms with E-state index in [1.165, 1.54) is 12.1 Å². The first-order chi connectivity index (χ1) is 14.5. The lowest BCUT2D eigenvalue weighted by atomic mass is 9.76. The number of benzene rings is 2. The summed E-state index contributed by atoms with van der Waals surface area (Å²) >= 11 is 6.09. The third-order valence-electron chi connectivity index (χ3n) is 6.09. The van der Waals surface area contributed by atoms with Crippen molar-refractivity contribution in [1.29, 1.82) is 0 Å². The predicted molar refractivity (Wildman–Crippen MR) is 119 cm³/mol. The Morgan fingerprint density at radius 3 is 2.61 bits per heavy atom. The minimum Gasteiger partial charge on any atom is -0.341 e. The highest BCUT2D eigenvalue weighted by Crippen LogP contribution is 2.39. The van der Waals surface area contributed by atoms with Crippen LogP contribution >= 0.6 is 11.6 Å². The number of carbonyl (C=O) groups is 1. The van der Waals surface area contributed by atoms with E-state index in [2.05, 4.69) is 6.07 Å². The molecule has 2 aromatic rings. The maximum atomic E-state index is 14.1. The Labute approximate surface area is 188 Å². The van der Waals surface area contributed by atoms with Gasteiger partial charge in [-0.05, 0) is 55.5 Å². The highest BCUT2D eigenvalue weighted by molar-refractivity contribution is 7.85. The quantitative estimate of drug-likeness (QED) is 0.573. The van der Waals surface area contributed by atoms with Crippen molar-refractivity contribution in [2.75, 3.05) is 26.0 Å². The summed E-state index contributed by atoms with van der Waals surface area (Å²) in [4.78, 5) is 14.7. The first kappa shape index (κ1) is 23.7. The zero-order valence-corrected chi connectivity index (χ0v) is 19.5. The number of hydrogen-bond acceptors (Lipinski definition) is 4. The molecule has 1 atom stereocenters. The molecule has 1 saturated heterocycles. The smallest absolute Gasteiger partial charge is 0.264 e. The molecule has 0 N–H and O–H groups in total. The molecule has 5 nitrogen and oxygen atoms in total. The standard InChI is InChI=1S/C23H27ClFNO4S/c1-16-7-8-18(13-17(16)2)23(10-12-30-31(3,28)29)9-11-26(15-23)22(27)14-19-20(24)5-4-6-21(19)25/h4-8,13H,9-12,14-15H2,1-3H3/t23-/m1/s1. The van der Waals surface area contributed by atoms with E-state index in [1.807, 2.05) is 26.0 Å². The number of aryl methyl sites for hydroxylation is 2. The Morgan fingerprint density at radius 2 is 1.97 bits per heavy atom. The SMILES string of the molecule is Cc1ccc([C@@]2(CCOS(C)(=O)=O)CCN(C(=O)Cc3c(F)cccc3Cl)C2)cc1C. The van der Waals surface area contributed by atoms with Gasteiger partial charge in [0.05, 0.1) is 19.3 Å². The number of halogens is 2. The maximum absolute atomic E-state index is 14.1. The fourth-order valence-electron chi connectivity index (χ4n) is 4.09. The molecule has 0 aliphatic carbocycles. The van der Waals surface area contributed by atoms with E-state index in [1.54, 1.807) is 11.0 Å². The molecular formula is C23H27ClFNO4S. The van der Waals surface area contributed by atoms with Crippen LogP contribution in [0.15, 0.2) is 36.4 Å². The van der Waals surface area contributed by atoms with Crippen molar-refractivity contribution in [3.63, 3.8) is 0 Å². The monoisotopic (exact) mass is 467 g/mol. The van der Waals surface area contributed by atoms with Crippen LogP contribution in [0.3, 0.4) is 0 Å². The van der Waals surface area contributed by atoms with E-state index in [0.717, 1.165) is 22.9 Å². The number of nitrogens with zero attached hydrogens (tertiary/aromatic N) is 1. The number of carbonyl (C=O) groups excluding carboxylic acids is 1. The predicted octanol–water partition coefficient (Wildman–Crippen LogP) is 4.18. The second kappa shape index (κ2) is 9.27. The second-order valence-electron chi connectivity index (χ2n) is 8.30. The van der Waals surface area contributed by atoms with E-state index in [4.69, 9.17) is 15.8 Å². The fourth-order valence-corrected chi connectivity index (χ4v) is 4.71. The fraction of sp³-hybridized carbons (Fsp3) is 0.435. The lowest BCUT2D eigenvalue weighted by Crippen LogP contribution is -2.36. The molecule has 1 heterocycles. The zero-order valence-electron chi connectivity index (χ0n) is 18.0. The van der Waals surface area contributed by atoms with Gasteiger partial charge in [-0.3, -0.25) is 8.98 Å². The summed E-state index contributed by atoms with van der Waals surface area (Å²) in [7, 11) is -3.56. The molecule has 168 valence electrons. The number of likely N-dealkylation sites (tertiary alicyclic amines) is 1. The van der Waals surface area contributed by atoms with E-state index in [9.17, 15) is 17.6 Å². The van der Waals surface area contributed by atoms with E-state index in [0.29, 0.717) is 25.9 Å². The van der Waals surface area contributed by atoms with Gasteiger partial charge in [0.25, 0.3) is 10.1 Å². The molecule has 3 rings (SSSR count). The first-order valence-electron chi connectivity index (χ1n) is 10.1. The van der Waals surface area contributed by atoms with Gasteiger partial charge in [0.2, 0.25) is 5.91 Å². The third-order valence-corrected chi connectivity index (χ3v) is 7.04. The van der Waals surface area contributed by atoms with Crippen molar-refractivity contribution in [3.8, 4) is 0 Å². The van der Waals surface area contributed by atoms with E-state index < -0.39 is 21.4 Å². The summed E-state index contributed by atoms with van der Waals surface area (Å²) in [6.45, 7) is 5.00. The molecule has 0 bridgehead atoms. The lowest BCUT2D eigenvalue weighted by molar-refractivity contribution is -0.129. The topological polar surface area (TPSA) is 63.7 Å². The summed E-state index contributed by atoms with van der Waals surface area (Å²) < 4.78 is 42.1. The molecule has 8 heteroatoms. The van der Waals surface area contributed by atoms with Crippen LogP contribution in [0.1, 0.15) is 35.1 Å². The van der Waals surface area contributed by atoms with Gasteiger partial charge in [-0.15, -0.1) is 0 Å². The molecule has 31 heavy (non-hydrogen) atoms. The van der Waals surface area contributed by atoms with Crippen molar-refractivity contribution in [2.45, 2.75) is 38.5 Å². The number of hydrogen-bond donors (Lipinski definition) is 0. The van der Waals surface area contributed by atoms with Crippen LogP contribution in [0.5, 0.6) is 0 Å². The Morgan fingerprint density at radius 1 is 1.23 bits per heavy atom. The molecule has 0 radical (unpaired) electrons. The largest absolute Gasteiger partial charge is 0.341 e. The molecule has 0 saturated carbocycles. The molecule has 2 aromatic carbocycles. The van der Waals surface area contributed by atoms with Gasteiger partial charge in [0.15, 0.2) is 0 Å². The third kappa shape index (κ3) is 5.64. The van der Waals surface area contributed by atoms with Crippen LogP contribution in [-0.4, -0.2) is 45.2 Å². The average molecular weight is 468 g/mol.